The van der Waals surface area contributed by atoms with Crippen molar-refractivity contribution in [3.05, 3.63) is 95.8 Å². The second kappa shape index (κ2) is 9.35. The largest absolute Gasteiger partial charge is 0.497 e. The van der Waals surface area contributed by atoms with E-state index in [0.29, 0.717) is 5.69 Å². The predicted molar refractivity (Wildman–Crippen MR) is 124 cm³/mol. The van der Waals surface area contributed by atoms with Crippen LogP contribution < -0.4 is 10.1 Å². The van der Waals surface area contributed by atoms with Crippen molar-refractivity contribution < 1.29 is 22.7 Å². The van der Waals surface area contributed by atoms with Gasteiger partial charge in [-0.1, -0.05) is 30.3 Å². The highest BCUT2D eigenvalue weighted by Crippen LogP contribution is 2.29. The van der Waals surface area contributed by atoms with E-state index in [1.165, 1.54) is 6.92 Å². The summed E-state index contributed by atoms with van der Waals surface area (Å²) in [6.45, 7) is 1.37. The van der Waals surface area contributed by atoms with Crippen LogP contribution in [0.3, 0.4) is 0 Å². The summed E-state index contributed by atoms with van der Waals surface area (Å²) in [7, 11) is 1.61. The van der Waals surface area contributed by atoms with Crippen molar-refractivity contribution in [1.82, 2.24) is 9.97 Å². The fraction of sp³-hybridized carbons (Fsp3) is 0.115. The van der Waals surface area contributed by atoms with Crippen LogP contribution in [-0.4, -0.2) is 23.0 Å². The molecule has 0 fully saturated rings. The predicted octanol–water partition coefficient (Wildman–Crippen LogP) is 6.40. The molecule has 8 heteroatoms. The first kappa shape index (κ1) is 23.0. The monoisotopic (exact) mass is 463 g/mol. The van der Waals surface area contributed by atoms with Gasteiger partial charge in [-0.2, -0.15) is 13.2 Å². The fourth-order valence-electron chi connectivity index (χ4n) is 3.42. The Hall–Kier alpha value is -4.20. The zero-order valence-corrected chi connectivity index (χ0v) is 18.4. The Labute approximate surface area is 194 Å². The quantitative estimate of drug-likeness (QED) is 0.372. The number of aryl methyl sites for hydroxylation is 1. The number of methoxy groups -OCH3 is 1. The van der Waals surface area contributed by atoms with Crippen LogP contribution in [0, 0.1) is 6.92 Å². The lowest BCUT2D eigenvalue weighted by atomic mass is 10.1. The number of halogens is 3. The molecule has 0 spiro atoms. The number of hydrogen-bond donors (Lipinski definition) is 1. The SMILES string of the molecule is COc1cccc(-c2cccc(-c3ccc(NC(=O)c4ccc(C(F)(F)F)nc4C)cc3)n2)c1. The van der Waals surface area contributed by atoms with Crippen molar-refractivity contribution in [2.75, 3.05) is 12.4 Å². The van der Waals surface area contributed by atoms with Crippen LogP contribution in [0.4, 0.5) is 18.9 Å². The molecular formula is C26H20F3N3O2. The number of alkyl halides is 3. The second-order valence-corrected chi connectivity index (χ2v) is 7.50. The number of ether oxygens (including phenoxy) is 1. The number of nitrogens with one attached hydrogen (secondary N) is 1. The summed E-state index contributed by atoms with van der Waals surface area (Å²) < 4.78 is 43.7. The van der Waals surface area contributed by atoms with Gasteiger partial charge in [0.2, 0.25) is 0 Å². The molecule has 0 aliphatic carbocycles. The fourth-order valence-corrected chi connectivity index (χ4v) is 3.42. The molecule has 0 unspecified atom stereocenters. The lowest BCUT2D eigenvalue weighted by Crippen LogP contribution is -2.16. The van der Waals surface area contributed by atoms with Crippen molar-refractivity contribution in [3.63, 3.8) is 0 Å². The van der Waals surface area contributed by atoms with Gasteiger partial charge in [0.15, 0.2) is 0 Å². The maximum atomic E-state index is 12.8. The number of nitrogens with zero attached hydrogens (tertiary/aromatic N) is 2. The Kier molecular flexibility index (Phi) is 6.32. The van der Waals surface area contributed by atoms with E-state index in [-0.39, 0.29) is 11.3 Å². The number of anilines is 1. The molecule has 1 amide bonds. The van der Waals surface area contributed by atoms with Gasteiger partial charge in [-0.3, -0.25) is 4.79 Å². The summed E-state index contributed by atoms with van der Waals surface area (Å²) in [6.07, 6.45) is -4.56. The third kappa shape index (κ3) is 5.06. The summed E-state index contributed by atoms with van der Waals surface area (Å²) in [5.41, 5.74) is 2.85. The summed E-state index contributed by atoms with van der Waals surface area (Å²) in [6, 6.07) is 22.3. The molecule has 0 bridgehead atoms. The number of pyridine rings is 2. The second-order valence-electron chi connectivity index (χ2n) is 7.50. The van der Waals surface area contributed by atoms with E-state index in [2.05, 4.69) is 10.3 Å². The van der Waals surface area contributed by atoms with Crippen LogP contribution in [0.5, 0.6) is 5.75 Å². The van der Waals surface area contributed by atoms with E-state index in [9.17, 15) is 18.0 Å². The van der Waals surface area contributed by atoms with E-state index in [0.717, 1.165) is 40.4 Å². The summed E-state index contributed by atoms with van der Waals surface area (Å²) >= 11 is 0. The Balaban J connectivity index is 1.51. The molecule has 172 valence electrons. The maximum Gasteiger partial charge on any atom is 0.433 e. The molecule has 1 N–H and O–H groups in total. The zero-order valence-electron chi connectivity index (χ0n) is 18.4. The molecule has 0 aliphatic heterocycles. The molecule has 34 heavy (non-hydrogen) atoms. The van der Waals surface area contributed by atoms with Crippen LogP contribution in [0.1, 0.15) is 21.7 Å². The van der Waals surface area contributed by atoms with Gasteiger partial charge in [0, 0.05) is 16.8 Å². The number of benzene rings is 2. The molecule has 0 saturated carbocycles. The number of hydrogen-bond acceptors (Lipinski definition) is 4. The Morgan fingerprint density at radius 1 is 0.853 bits per heavy atom. The highest BCUT2D eigenvalue weighted by Gasteiger charge is 2.33. The minimum Gasteiger partial charge on any atom is -0.497 e. The summed E-state index contributed by atoms with van der Waals surface area (Å²) in [4.78, 5) is 20.8. The molecule has 0 aliphatic rings. The molecule has 0 atom stereocenters. The number of aromatic nitrogens is 2. The first-order chi connectivity index (χ1) is 16.2. The van der Waals surface area contributed by atoms with Gasteiger partial charge in [0.1, 0.15) is 11.4 Å². The topological polar surface area (TPSA) is 64.1 Å². The van der Waals surface area contributed by atoms with Gasteiger partial charge in [-0.05, 0) is 55.5 Å². The third-order valence-corrected chi connectivity index (χ3v) is 5.17. The normalized spacial score (nSPS) is 11.2. The van der Waals surface area contributed by atoms with Gasteiger partial charge < -0.3 is 10.1 Å². The molecular weight excluding hydrogens is 443 g/mol. The highest BCUT2D eigenvalue weighted by molar-refractivity contribution is 6.05. The van der Waals surface area contributed by atoms with Gasteiger partial charge in [0.25, 0.3) is 5.91 Å². The molecule has 0 radical (unpaired) electrons. The molecule has 4 rings (SSSR count). The van der Waals surface area contributed by atoms with Crippen LogP contribution in [0.2, 0.25) is 0 Å². The first-order valence-electron chi connectivity index (χ1n) is 10.3. The van der Waals surface area contributed by atoms with Gasteiger partial charge in [-0.25, -0.2) is 9.97 Å². The van der Waals surface area contributed by atoms with Crippen molar-refractivity contribution in [3.8, 4) is 28.3 Å². The summed E-state index contributed by atoms with van der Waals surface area (Å²) in [5, 5.41) is 2.69. The van der Waals surface area contributed by atoms with Crippen molar-refractivity contribution in [2.45, 2.75) is 13.1 Å². The lowest BCUT2D eigenvalue weighted by molar-refractivity contribution is -0.141. The lowest BCUT2D eigenvalue weighted by Gasteiger charge is -2.11. The van der Waals surface area contributed by atoms with E-state index >= 15 is 0 Å². The van der Waals surface area contributed by atoms with Crippen LogP contribution >= 0.6 is 0 Å². The number of rotatable bonds is 5. The Morgan fingerprint density at radius 3 is 2.18 bits per heavy atom. The van der Waals surface area contributed by atoms with Crippen molar-refractivity contribution in [1.29, 1.82) is 0 Å². The zero-order chi connectivity index (χ0) is 24.3. The molecule has 5 nitrogen and oxygen atoms in total. The van der Waals surface area contributed by atoms with Crippen LogP contribution in [0.15, 0.2) is 78.9 Å². The Morgan fingerprint density at radius 2 is 1.53 bits per heavy atom. The number of carbonyl (C=O) groups is 1. The first-order valence-corrected chi connectivity index (χ1v) is 10.3. The van der Waals surface area contributed by atoms with E-state index in [4.69, 9.17) is 9.72 Å². The minimum absolute atomic E-state index is 0.00232. The van der Waals surface area contributed by atoms with E-state index < -0.39 is 17.8 Å². The molecule has 4 aromatic rings. The van der Waals surface area contributed by atoms with Gasteiger partial charge in [0.05, 0.1) is 29.8 Å². The van der Waals surface area contributed by atoms with Gasteiger partial charge >= 0.3 is 6.18 Å². The summed E-state index contributed by atoms with van der Waals surface area (Å²) in [5.74, 6) is 0.202. The maximum absolute atomic E-state index is 12.8. The third-order valence-electron chi connectivity index (χ3n) is 5.17. The molecule has 2 aromatic carbocycles. The van der Waals surface area contributed by atoms with Crippen LogP contribution in [-0.2, 0) is 6.18 Å². The number of carbonyl (C=O) groups excluding carboxylic acids is 1. The van der Waals surface area contributed by atoms with Crippen molar-refractivity contribution >= 4 is 11.6 Å². The number of amides is 1. The molecule has 2 aromatic heterocycles. The van der Waals surface area contributed by atoms with E-state index in [1.807, 2.05) is 54.6 Å². The van der Waals surface area contributed by atoms with E-state index in [1.54, 1.807) is 19.2 Å². The average Bonchev–Trinajstić information content (AvgIpc) is 2.84. The Bertz CT molecular complexity index is 1340. The minimum atomic E-state index is -4.56. The average molecular weight is 463 g/mol. The van der Waals surface area contributed by atoms with Crippen LogP contribution in [0.25, 0.3) is 22.5 Å². The molecule has 0 saturated heterocycles. The molecule has 2 heterocycles. The van der Waals surface area contributed by atoms with Gasteiger partial charge in [-0.15, -0.1) is 0 Å². The smallest absolute Gasteiger partial charge is 0.433 e. The van der Waals surface area contributed by atoms with Crippen molar-refractivity contribution in [2.24, 2.45) is 0 Å². The highest BCUT2D eigenvalue weighted by atomic mass is 19.4. The standard InChI is InChI=1S/C26H20F3N3O2/c1-16-21(13-14-24(30-16)26(27,28)29)25(33)31-19-11-9-17(10-12-19)22-7-4-8-23(32-22)18-5-3-6-20(15-18)34-2/h3-15H,1-2H3,(H,31,33).